The summed E-state index contributed by atoms with van der Waals surface area (Å²) >= 11 is 0. The zero-order valence-corrected chi connectivity index (χ0v) is 13.0. The van der Waals surface area contributed by atoms with Crippen molar-refractivity contribution in [1.29, 1.82) is 0 Å². The molecular weight excluding hydrogens is 250 g/mol. The zero-order chi connectivity index (χ0) is 14.5. The van der Waals surface area contributed by atoms with Gasteiger partial charge in [0.25, 0.3) is 0 Å². The van der Waals surface area contributed by atoms with E-state index in [1.807, 2.05) is 6.92 Å². The second-order valence-corrected chi connectivity index (χ2v) is 5.55. The molecule has 1 aromatic heterocycles. The first-order chi connectivity index (χ1) is 9.65. The van der Waals surface area contributed by atoms with E-state index in [0.717, 1.165) is 56.2 Å². The van der Waals surface area contributed by atoms with Gasteiger partial charge in [-0.05, 0) is 26.3 Å². The number of aromatic nitrogens is 2. The molecule has 1 aromatic rings. The van der Waals surface area contributed by atoms with Gasteiger partial charge in [-0.3, -0.25) is 4.90 Å². The first-order valence-electron chi connectivity index (χ1n) is 7.76. The van der Waals surface area contributed by atoms with Crippen LogP contribution in [0.2, 0.25) is 0 Å². The molecule has 112 valence electrons. The van der Waals surface area contributed by atoms with Crippen molar-refractivity contribution in [2.24, 2.45) is 0 Å². The fourth-order valence-electron chi connectivity index (χ4n) is 2.71. The Labute approximate surface area is 122 Å². The summed E-state index contributed by atoms with van der Waals surface area (Å²) in [6.45, 7) is 11.9. The highest BCUT2D eigenvalue weighted by Gasteiger charge is 2.20. The van der Waals surface area contributed by atoms with E-state index in [2.05, 4.69) is 28.6 Å². The lowest BCUT2D eigenvalue weighted by Crippen LogP contribution is -2.47. The highest BCUT2D eigenvalue weighted by Crippen LogP contribution is 2.23. The van der Waals surface area contributed by atoms with Gasteiger partial charge < -0.3 is 10.6 Å². The van der Waals surface area contributed by atoms with Crippen molar-refractivity contribution < 1.29 is 0 Å². The van der Waals surface area contributed by atoms with Crippen LogP contribution >= 0.6 is 0 Å². The van der Waals surface area contributed by atoms with Crippen LogP contribution in [0.25, 0.3) is 0 Å². The zero-order valence-electron chi connectivity index (χ0n) is 13.0. The van der Waals surface area contributed by atoms with Gasteiger partial charge in [-0.25, -0.2) is 9.97 Å². The predicted octanol–water partition coefficient (Wildman–Crippen LogP) is 1.85. The molecule has 0 radical (unpaired) electrons. The van der Waals surface area contributed by atoms with Gasteiger partial charge >= 0.3 is 0 Å². The summed E-state index contributed by atoms with van der Waals surface area (Å²) in [5.74, 6) is 2.55. The van der Waals surface area contributed by atoms with Crippen molar-refractivity contribution >= 4 is 11.6 Å². The second kappa shape index (κ2) is 6.88. The Hall–Kier alpha value is -1.36. The van der Waals surface area contributed by atoms with Crippen molar-refractivity contribution in [2.75, 3.05) is 43.4 Å². The van der Waals surface area contributed by atoms with Gasteiger partial charge in [0, 0.05) is 38.2 Å². The number of nitrogens with two attached hydrogens (primary N) is 1. The molecule has 1 saturated heterocycles. The molecule has 0 aromatic carbocycles. The van der Waals surface area contributed by atoms with Gasteiger partial charge in [0.1, 0.15) is 17.5 Å². The standard InChI is InChI=1S/C15H27N5/c1-4-6-13-17-14(16)12(3)15(18-13)20-10-8-19(7-5-2)9-11-20/h4-11H2,1-3H3,(H2,16,17,18). The molecule has 1 fully saturated rings. The molecule has 0 amide bonds. The molecule has 0 aliphatic carbocycles. The Bertz CT molecular complexity index is 438. The third-order valence-electron chi connectivity index (χ3n) is 3.89. The molecule has 1 aliphatic rings. The summed E-state index contributed by atoms with van der Waals surface area (Å²) in [6, 6.07) is 0. The summed E-state index contributed by atoms with van der Waals surface area (Å²) in [6.07, 6.45) is 3.17. The number of piperazine rings is 1. The second-order valence-electron chi connectivity index (χ2n) is 5.55. The third-order valence-corrected chi connectivity index (χ3v) is 3.89. The smallest absolute Gasteiger partial charge is 0.137 e. The number of nitrogen functional groups attached to an aromatic ring is 1. The highest BCUT2D eigenvalue weighted by atomic mass is 15.3. The summed E-state index contributed by atoms with van der Waals surface area (Å²) in [5.41, 5.74) is 7.07. The monoisotopic (exact) mass is 277 g/mol. The molecule has 0 spiro atoms. The van der Waals surface area contributed by atoms with Crippen LogP contribution < -0.4 is 10.6 Å². The number of anilines is 2. The van der Waals surface area contributed by atoms with Crippen LogP contribution in [0.1, 0.15) is 38.1 Å². The predicted molar refractivity (Wildman–Crippen MR) is 84.1 cm³/mol. The Kier molecular flexibility index (Phi) is 5.17. The van der Waals surface area contributed by atoms with Crippen LogP contribution in [0, 0.1) is 6.92 Å². The summed E-state index contributed by atoms with van der Waals surface area (Å²) in [7, 11) is 0. The first kappa shape index (κ1) is 15.0. The Morgan fingerprint density at radius 3 is 2.35 bits per heavy atom. The lowest BCUT2D eigenvalue weighted by atomic mass is 10.2. The Morgan fingerprint density at radius 2 is 1.75 bits per heavy atom. The van der Waals surface area contributed by atoms with E-state index in [1.54, 1.807) is 0 Å². The van der Waals surface area contributed by atoms with E-state index in [1.165, 1.54) is 13.0 Å². The Balaban J connectivity index is 2.12. The van der Waals surface area contributed by atoms with E-state index < -0.39 is 0 Å². The van der Waals surface area contributed by atoms with E-state index in [-0.39, 0.29) is 0 Å². The van der Waals surface area contributed by atoms with E-state index in [9.17, 15) is 0 Å². The van der Waals surface area contributed by atoms with Gasteiger partial charge in [0.15, 0.2) is 0 Å². The van der Waals surface area contributed by atoms with Crippen molar-refractivity contribution in [3.63, 3.8) is 0 Å². The molecule has 5 nitrogen and oxygen atoms in total. The largest absolute Gasteiger partial charge is 0.383 e. The van der Waals surface area contributed by atoms with Crippen LogP contribution in [0.3, 0.4) is 0 Å². The molecule has 1 aliphatic heterocycles. The molecule has 2 N–H and O–H groups in total. The van der Waals surface area contributed by atoms with Crippen LogP contribution in [0.15, 0.2) is 0 Å². The minimum absolute atomic E-state index is 0.634. The minimum atomic E-state index is 0.634. The quantitative estimate of drug-likeness (QED) is 0.890. The maximum atomic E-state index is 6.05. The maximum Gasteiger partial charge on any atom is 0.137 e. The van der Waals surface area contributed by atoms with Gasteiger partial charge in [0.05, 0.1) is 0 Å². The van der Waals surface area contributed by atoms with E-state index >= 15 is 0 Å². The molecule has 0 atom stereocenters. The number of nitrogens with zero attached hydrogens (tertiary/aromatic N) is 4. The summed E-state index contributed by atoms with van der Waals surface area (Å²) < 4.78 is 0. The molecule has 5 heteroatoms. The van der Waals surface area contributed by atoms with Crippen LogP contribution in [-0.2, 0) is 6.42 Å². The number of rotatable bonds is 5. The van der Waals surface area contributed by atoms with E-state index in [0.29, 0.717) is 5.82 Å². The molecule has 20 heavy (non-hydrogen) atoms. The van der Waals surface area contributed by atoms with Gasteiger partial charge in [-0.1, -0.05) is 13.8 Å². The van der Waals surface area contributed by atoms with Crippen molar-refractivity contribution in [3.05, 3.63) is 11.4 Å². The fourth-order valence-corrected chi connectivity index (χ4v) is 2.71. The first-order valence-corrected chi connectivity index (χ1v) is 7.76. The summed E-state index contributed by atoms with van der Waals surface area (Å²) in [5, 5.41) is 0. The Morgan fingerprint density at radius 1 is 1.05 bits per heavy atom. The number of hydrogen-bond acceptors (Lipinski definition) is 5. The fraction of sp³-hybridized carbons (Fsp3) is 0.733. The molecular formula is C15H27N5. The average Bonchev–Trinajstić information content (AvgIpc) is 2.44. The normalized spacial score (nSPS) is 16.6. The average molecular weight is 277 g/mol. The van der Waals surface area contributed by atoms with Crippen molar-refractivity contribution in [3.8, 4) is 0 Å². The van der Waals surface area contributed by atoms with Crippen LogP contribution in [0.5, 0.6) is 0 Å². The number of hydrogen-bond donors (Lipinski definition) is 1. The molecule has 0 unspecified atom stereocenters. The van der Waals surface area contributed by atoms with Crippen molar-refractivity contribution in [1.82, 2.24) is 14.9 Å². The number of aryl methyl sites for hydroxylation is 1. The van der Waals surface area contributed by atoms with Crippen LogP contribution in [0.4, 0.5) is 11.6 Å². The molecule has 0 saturated carbocycles. The van der Waals surface area contributed by atoms with Crippen molar-refractivity contribution in [2.45, 2.75) is 40.0 Å². The van der Waals surface area contributed by atoms with Gasteiger partial charge in [0.2, 0.25) is 0 Å². The van der Waals surface area contributed by atoms with Gasteiger partial charge in [-0.2, -0.15) is 0 Å². The van der Waals surface area contributed by atoms with Crippen LogP contribution in [-0.4, -0.2) is 47.6 Å². The minimum Gasteiger partial charge on any atom is -0.383 e. The lowest BCUT2D eigenvalue weighted by molar-refractivity contribution is 0.258. The lowest BCUT2D eigenvalue weighted by Gasteiger charge is -2.36. The highest BCUT2D eigenvalue weighted by molar-refractivity contribution is 5.56. The van der Waals surface area contributed by atoms with Gasteiger partial charge in [-0.15, -0.1) is 0 Å². The molecule has 2 rings (SSSR count). The van der Waals surface area contributed by atoms with E-state index in [4.69, 9.17) is 10.7 Å². The maximum absolute atomic E-state index is 6.05. The molecule has 2 heterocycles. The summed E-state index contributed by atoms with van der Waals surface area (Å²) in [4.78, 5) is 14.0. The molecule has 0 bridgehead atoms. The third kappa shape index (κ3) is 3.39. The topological polar surface area (TPSA) is 58.3 Å². The SMILES string of the molecule is CCCc1nc(N)c(C)c(N2CCN(CCC)CC2)n1.